The van der Waals surface area contributed by atoms with E-state index in [1.54, 1.807) is 0 Å². The Morgan fingerprint density at radius 1 is 1.26 bits per heavy atom. The van der Waals surface area contributed by atoms with Gasteiger partial charge in [0.15, 0.2) is 0 Å². The number of benzene rings is 1. The molecule has 1 N–H and O–H groups in total. The average molecular weight is 372 g/mol. The van der Waals surface area contributed by atoms with Crippen molar-refractivity contribution in [2.24, 2.45) is 0 Å². The van der Waals surface area contributed by atoms with Crippen LogP contribution in [-0.4, -0.2) is 33.0 Å². The summed E-state index contributed by atoms with van der Waals surface area (Å²) in [7, 11) is -3.65. The number of aromatic nitrogens is 1. The van der Waals surface area contributed by atoms with Crippen molar-refractivity contribution in [1.82, 2.24) is 9.71 Å². The highest BCUT2D eigenvalue weighted by Gasteiger charge is 2.20. The van der Waals surface area contributed by atoms with Crippen molar-refractivity contribution in [3.8, 4) is 0 Å². The number of sulfonamides is 1. The molecule has 0 atom stereocenters. The van der Waals surface area contributed by atoms with Crippen molar-refractivity contribution in [2.45, 2.75) is 11.3 Å². The minimum atomic E-state index is -3.65. The number of nitrogens with one attached hydrogen (secondary N) is 1. The predicted molar refractivity (Wildman–Crippen MR) is 91.8 cm³/mol. The fourth-order valence-corrected chi connectivity index (χ4v) is 3.91. The van der Waals surface area contributed by atoms with E-state index in [2.05, 4.69) is 26.7 Å². The highest BCUT2D eigenvalue weighted by Crippen LogP contribution is 2.27. The van der Waals surface area contributed by atoms with Gasteiger partial charge in [0.2, 0.25) is 10.0 Å². The summed E-state index contributed by atoms with van der Waals surface area (Å²) >= 11 is 11.5. The maximum atomic E-state index is 12.2. The van der Waals surface area contributed by atoms with Crippen LogP contribution in [0.2, 0.25) is 10.2 Å². The van der Waals surface area contributed by atoms with Gasteiger partial charge in [0, 0.05) is 31.5 Å². The van der Waals surface area contributed by atoms with Crippen molar-refractivity contribution >= 4 is 38.9 Å². The number of hydrogen-bond donors (Lipinski definition) is 1. The zero-order valence-electron chi connectivity index (χ0n) is 12.2. The number of nitrogens with zero attached hydrogens (tertiary/aromatic N) is 2. The molecule has 1 aliphatic rings. The third-order valence-corrected chi connectivity index (χ3v) is 5.85. The molecule has 122 valence electrons. The van der Waals surface area contributed by atoms with Crippen LogP contribution >= 0.6 is 23.2 Å². The lowest BCUT2D eigenvalue weighted by atomic mass is 10.2. The summed E-state index contributed by atoms with van der Waals surface area (Å²) in [6, 6.07) is 9.45. The SMILES string of the molecule is O=S(=O)(NCCN1CCc2ccccc21)c1cnc(Cl)c(Cl)c1. The van der Waals surface area contributed by atoms with Crippen molar-refractivity contribution in [2.75, 3.05) is 24.5 Å². The zero-order valence-corrected chi connectivity index (χ0v) is 14.5. The van der Waals surface area contributed by atoms with E-state index in [0.29, 0.717) is 13.1 Å². The Labute approximate surface area is 145 Å². The minimum absolute atomic E-state index is 0.00808. The molecule has 23 heavy (non-hydrogen) atoms. The maximum Gasteiger partial charge on any atom is 0.242 e. The van der Waals surface area contributed by atoms with Crippen LogP contribution in [0, 0.1) is 0 Å². The second-order valence-corrected chi connectivity index (χ2v) is 7.74. The average Bonchev–Trinajstić information content (AvgIpc) is 2.93. The normalized spacial score (nSPS) is 14.1. The summed E-state index contributed by atoms with van der Waals surface area (Å²) in [5.74, 6) is 0. The first-order valence-electron chi connectivity index (χ1n) is 7.11. The third kappa shape index (κ3) is 3.61. The lowest BCUT2D eigenvalue weighted by molar-refractivity contribution is 0.580. The second-order valence-electron chi connectivity index (χ2n) is 5.21. The van der Waals surface area contributed by atoms with E-state index in [1.807, 2.05) is 12.1 Å². The van der Waals surface area contributed by atoms with Crippen molar-refractivity contribution in [1.29, 1.82) is 0 Å². The van der Waals surface area contributed by atoms with E-state index >= 15 is 0 Å². The molecule has 1 aliphatic heterocycles. The number of halogens is 2. The summed E-state index contributed by atoms with van der Waals surface area (Å²) in [6.07, 6.45) is 2.18. The minimum Gasteiger partial charge on any atom is -0.370 e. The van der Waals surface area contributed by atoms with E-state index < -0.39 is 10.0 Å². The molecule has 0 spiro atoms. The van der Waals surface area contributed by atoms with Gasteiger partial charge < -0.3 is 4.90 Å². The van der Waals surface area contributed by atoms with Gasteiger partial charge in [0.05, 0.1) is 5.02 Å². The van der Waals surface area contributed by atoms with Crippen LogP contribution in [0.1, 0.15) is 5.56 Å². The van der Waals surface area contributed by atoms with Crippen LogP contribution in [0.4, 0.5) is 5.69 Å². The molecule has 1 aromatic carbocycles. The molecule has 0 saturated heterocycles. The molecule has 0 saturated carbocycles. The van der Waals surface area contributed by atoms with E-state index in [0.717, 1.165) is 13.0 Å². The molecule has 0 unspecified atom stereocenters. The summed E-state index contributed by atoms with van der Waals surface area (Å²) in [4.78, 5) is 5.94. The Morgan fingerprint density at radius 2 is 2.04 bits per heavy atom. The molecule has 0 fully saturated rings. The first kappa shape index (κ1) is 16.5. The van der Waals surface area contributed by atoms with Crippen molar-refractivity contribution < 1.29 is 8.42 Å². The number of rotatable bonds is 5. The largest absolute Gasteiger partial charge is 0.370 e. The van der Waals surface area contributed by atoms with E-state index in [4.69, 9.17) is 23.2 Å². The van der Waals surface area contributed by atoms with Gasteiger partial charge in [-0.15, -0.1) is 0 Å². The first-order valence-corrected chi connectivity index (χ1v) is 9.35. The number of hydrogen-bond acceptors (Lipinski definition) is 4. The van der Waals surface area contributed by atoms with Gasteiger partial charge in [-0.3, -0.25) is 0 Å². The van der Waals surface area contributed by atoms with Crippen LogP contribution in [0.15, 0.2) is 41.4 Å². The Balaban J connectivity index is 1.63. The van der Waals surface area contributed by atoms with Gasteiger partial charge in [-0.25, -0.2) is 18.1 Å². The van der Waals surface area contributed by atoms with Crippen LogP contribution < -0.4 is 9.62 Å². The van der Waals surface area contributed by atoms with Gasteiger partial charge in [-0.1, -0.05) is 41.4 Å². The summed E-state index contributed by atoms with van der Waals surface area (Å²) < 4.78 is 27.1. The standard InChI is InChI=1S/C15H15Cl2N3O2S/c16-13-9-12(10-18-15(13)17)23(21,22)19-6-8-20-7-5-11-3-1-2-4-14(11)20/h1-4,9-10,19H,5-8H2. The lowest BCUT2D eigenvalue weighted by Gasteiger charge is -2.19. The maximum absolute atomic E-state index is 12.2. The van der Waals surface area contributed by atoms with E-state index in [1.165, 1.54) is 23.5 Å². The van der Waals surface area contributed by atoms with Crippen molar-refractivity contribution in [3.63, 3.8) is 0 Å². The monoisotopic (exact) mass is 371 g/mol. The molecule has 8 heteroatoms. The number of anilines is 1. The molecule has 0 radical (unpaired) electrons. The number of pyridine rings is 1. The topological polar surface area (TPSA) is 62.3 Å². The molecule has 0 bridgehead atoms. The Kier molecular flexibility index (Phi) is 4.77. The zero-order chi connectivity index (χ0) is 16.4. The van der Waals surface area contributed by atoms with Crippen LogP contribution in [0.5, 0.6) is 0 Å². The Morgan fingerprint density at radius 3 is 2.83 bits per heavy atom. The van der Waals surface area contributed by atoms with Gasteiger partial charge in [-0.05, 0) is 24.1 Å². The highest BCUT2D eigenvalue weighted by atomic mass is 35.5. The summed E-state index contributed by atoms with van der Waals surface area (Å²) in [5, 5.41) is 0.197. The molecular formula is C15H15Cl2N3O2S. The summed E-state index contributed by atoms with van der Waals surface area (Å²) in [5.41, 5.74) is 2.46. The fourth-order valence-electron chi connectivity index (χ4n) is 2.59. The summed E-state index contributed by atoms with van der Waals surface area (Å²) in [6.45, 7) is 1.80. The van der Waals surface area contributed by atoms with Gasteiger partial charge in [-0.2, -0.15) is 0 Å². The smallest absolute Gasteiger partial charge is 0.242 e. The molecule has 0 aliphatic carbocycles. The molecule has 3 rings (SSSR count). The van der Waals surface area contributed by atoms with Gasteiger partial charge in [0.25, 0.3) is 0 Å². The van der Waals surface area contributed by atoms with Crippen LogP contribution in [0.25, 0.3) is 0 Å². The highest BCUT2D eigenvalue weighted by molar-refractivity contribution is 7.89. The van der Waals surface area contributed by atoms with Gasteiger partial charge in [0.1, 0.15) is 10.0 Å². The van der Waals surface area contributed by atoms with E-state index in [9.17, 15) is 8.42 Å². The second kappa shape index (κ2) is 6.65. The quantitative estimate of drug-likeness (QED) is 0.820. The Hall–Kier alpha value is -1.34. The lowest BCUT2D eigenvalue weighted by Crippen LogP contribution is -2.34. The molecule has 5 nitrogen and oxygen atoms in total. The first-order chi connectivity index (χ1) is 11.0. The number of fused-ring (bicyclic) bond motifs is 1. The van der Waals surface area contributed by atoms with Crippen LogP contribution in [-0.2, 0) is 16.4 Å². The third-order valence-electron chi connectivity index (χ3n) is 3.74. The Bertz CT molecular complexity index is 827. The van der Waals surface area contributed by atoms with Crippen LogP contribution in [0.3, 0.4) is 0 Å². The molecule has 1 aromatic heterocycles. The van der Waals surface area contributed by atoms with Crippen molar-refractivity contribution in [3.05, 3.63) is 52.3 Å². The molecule has 2 heterocycles. The predicted octanol–water partition coefficient (Wildman–Crippen LogP) is 2.73. The van der Waals surface area contributed by atoms with Gasteiger partial charge >= 0.3 is 0 Å². The number of para-hydroxylation sites is 1. The molecule has 0 amide bonds. The molecular weight excluding hydrogens is 357 g/mol. The fraction of sp³-hybridized carbons (Fsp3) is 0.267. The molecule has 2 aromatic rings. The van der Waals surface area contributed by atoms with E-state index in [-0.39, 0.29) is 15.1 Å².